The van der Waals surface area contributed by atoms with E-state index in [1.807, 2.05) is 13.0 Å². The van der Waals surface area contributed by atoms with E-state index in [2.05, 4.69) is 10.3 Å². The molecule has 6 heteroatoms. The summed E-state index contributed by atoms with van der Waals surface area (Å²) in [7, 11) is 0. The Hall–Kier alpha value is -2.63. The highest BCUT2D eigenvalue weighted by molar-refractivity contribution is 5.99. The molecule has 2 heterocycles. The van der Waals surface area contributed by atoms with Crippen LogP contribution in [0.15, 0.2) is 24.5 Å². The van der Waals surface area contributed by atoms with Gasteiger partial charge in [0.1, 0.15) is 6.33 Å². The lowest BCUT2D eigenvalue weighted by Crippen LogP contribution is -2.22. The summed E-state index contributed by atoms with van der Waals surface area (Å²) >= 11 is 0. The minimum Gasteiger partial charge on any atom is -0.476 e. The van der Waals surface area contributed by atoms with Crippen molar-refractivity contribution in [2.24, 2.45) is 0 Å². The third-order valence-corrected chi connectivity index (χ3v) is 3.14. The fourth-order valence-corrected chi connectivity index (χ4v) is 2.23. The third kappa shape index (κ3) is 1.69. The van der Waals surface area contributed by atoms with E-state index in [1.54, 1.807) is 16.7 Å². The van der Waals surface area contributed by atoms with E-state index < -0.39 is 5.97 Å². The third-order valence-electron chi connectivity index (χ3n) is 3.14. The van der Waals surface area contributed by atoms with Gasteiger partial charge >= 0.3 is 5.97 Å². The molecule has 0 unspecified atom stereocenters. The van der Waals surface area contributed by atoms with Crippen LogP contribution in [-0.4, -0.2) is 26.5 Å². The Morgan fingerprint density at radius 1 is 1.47 bits per heavy atom. The Balaban J connectivity index is 2.28. The second-order valence-corrected chi connectivity index (χ2v) is 4.42. The van der Waals surface area contributed by atoms with Crippen molar-refractivity contribution in [2.75, 3.05) is 0 Å². The van der Waals surface area contributed by atoms with Crippen molar-refractivity contribution in [3.63, 3.8) is 0 Å². The highest BCUT2D eigenvalue weighted by atomic mass is 16.4. The molecule has 1 aliphatic rings. The Kier molecular flexibility index (Phi) is 2.38. The molecule has 0 saturated heterocycles. The molecule has 1 aromatic carbocycles. The van der Waals surface area contributed by atoms with Crippen LogP contribution in [0.2, 0.25) is 0 Å². The number of carboxylic acid groups (broad SMARTS) is 1. The van der Waals surface area contributed by atoms with Crippen molar-refractivity contribution in [2.45, 2.75) is 13.5 Å². The van der Waals surface area contributed by atoms with Gasteiger partial charge in [-0.1, -0.05) is 11.6 Å². The van der Waals surface area contributed by atoms with Crippen molar-refractivity contribution in [3.05, 3.63) is 47.0 Å². The molecule has 0 aliphatic carbocycles. The summed E-state index contributed by atoms with van der Waals surface area (Å²) in [6, 6.07) is 5.45. The molecule has 0 spiro atoms. The number of rotatable bonds is 1. The average Bonchev–Trinajstić information content (AvgIpc) is 2.74. The molecule has 1 aliphatic heterocycles. The molecule has 0 radical (unpaired) electrons. The monoisotopic (exact) mass is 257 g/mol. The zero-order chi connectivity index (χ0) is 13.6. The maximum atomic E-state index is 12.0. The number of carboxylic acids is 1. The SMILES string of the molecule is Cc1ccc2c(c1)C(=O)NCc1c(C(=O)O)ncn1-2. The van der Waals surface area contributed by atoms with Crippen molar-refractivity contribution < 1.29 is 14.7 Å². The number of hydrogen-bond donors (Lipinski definition) is 2. The summed E-state index contributed by atoms with van der Waals surface area (Å²) in [5, 5.41) is 11.8. The van der Waals surface area contributed by atoms with Gasteiger partial charge in [-0.05, 0) is 19.1 Å². The van der Waals surface area contributed by atoms with Crippen LogP contribution in [0.5, 0.6) is 0 Å². The number of benzene rings is 1. The van der Waals surface area contributed by atoms with Gasteiger partial charge in [-0.2, -0.15) is 0 Å². The minimum absolute atomic E-state index is 0.0336. The summed E-state index contributed by atoms with van der Waals surface area (Å²) in [6.45, 7) is 2.05. The maximum Gasteiger partial charge on any atom is 0.356 e. The molecule has 0 bridgehead atoms. The standard InChI is InChI=1S/C13H11N3O3/c1-7-2-3-9-8(4-7)12(17)14-5-10-11(13(18)19)15-6-16(9)10/h2-4,6H,5H2,1H3,(H,14,17)(H,18,19). The number of nitrogens with zero attached hydrogens (tertiary/aromatic N) is 2. The summed E-state index contributed by atoms with van der Waals surface area (Å²) in [4.78, 5) is 27.0. The zero-order valence-corrected chi connectivity index (χ0v) is 10.2. The number of nitrogens with one attached hydrogen (secondary N) is 1. The number of amides is 1. The van der Waals surface area contributed by atoms with E-state index in [4.69, 9.17) is 5.11 Å². The number of aromatic nitrogens is 2. The molecule has 3 rings (SSSR count). The van der Waals surface area contributed by atoms with Crippen LogP contribution in [0, 0.1) is 6.92 Å². The molecule has 2 N–H and O–H groups in total. The summed E-state index contributed by atoms with van der Waals surface area (Å²) in [5.41, 5.74) is 2.58. The first-order valence-corrected chi connectivity index (χ1v) is 5.76. The van der Waals surface area contributed by atoms with E-state index in [-0.39, 0.29) is 18.1 Å². The van der Waals surface area contributed by atoms with Crippen LogP contribution >= 0.6 is 0 Å². The van der Waals surface area contributed by atoms with E-state index in [1.165, 1.54) is 6.33 Å². The number of hydrogen-bond acceptors (Lipinski definition) is 3. The highest BCUT2D eigenvalue weighted by Gasteiger charge is 2.24. The van der Waals surface area contributed by atoms with Gasteiger partial charge in [0, 0.05) is 0 Å². The first kappa shape index (κ1) is 11.5. The lowest BCUT2D eigenvalue weighted by Gasteiger charge is -2.08. The van der Waals surface area contributed by atoms with Crippen LogP contribution in [0.1, 0.15) is 32.1 Å². The molecule has 2 aromatic rings. The molecule has 0 atom stereocenters. The Morgan fingerprint density at radius 3 is 3.00 bits per heavy atom. The van der Waals surface area contributed by atoms with Crippen molar-refractivity contribution in [1.82, 2.24) is 14.9 Å². The van der Waals surface area contributed by atoms with Gasteiger partial charge in [-0.15, -0.1) is 0 Å². The predicted molar refractivity (Wildman–Crippen MR) is 66.4 cm³/mol. The van der Waals surface area contributed by atoms with Gasteiger partial charge in [0.2, 0.25) is 0 Å². The molecule has 0 saturated carbocycles. The van der Waals surface area contributed by atoms with Crippen molar-refractivity contribution in [1.29, 1.82) is 0 Å². The number of aromatic carboxylic acids is 1. The number of carbonyl (C=O) groups is 2. The van der Waals surface area contributed by atoms with Gasteiger partial charge in [-0.3, -0.25) is 9.36 Å². The van der Waals surface area contributed by atoms with Crippen LogP contribution in [0.4, 0.5) is 0 Å². The van der Waals surface area contributed by atoms with Crippen molar-refractivity contribution in [3.8, 4) is 5.69 Å². The highest BCUT2D eigenvalue weighted by Crippen LogP contribution is 2.23. The van der Waals surface area contributed by atoms with E-state index in [9.17, 15) is 9.59 Å². The predicted octanol–water partition coefficient (Wildman–Crippen LogP) is 1.12. The van der Waals surface area contributed by atoms with Crippen LogP contribution < -0.4 is 5.32 Å². The van der Waals surface area contributed by atoms with Crippen molar-refractivity contribution >= 4 is 11.9 Å². The largest absolute Gasteiger partial charge is 0.476 e. The number of fused-ring (bicyclic) bond motifs is 3. The first-order valence-electron chi connectivity index (χ1n) is 5.76. The molecule has 0 fully saturated rings. The van der Waals surface area contributed by atoms with Crippen LogP contribution in [0.25, 0.3) is 5.69 Å². The summed E-state index contributed by atoms with van der Waals surface area (Å²) < 4.78 is 1.65. The lowest BCUT2D eigenvalue weighted by atomic mass is 10.1. The van der Waals surface area contributed by atoms with E-state index in [0.717, 1.165) is 5.56 Å². The molecular formula is C13H11N3O3. The normalized spacial score (nSPS) is 13.2. The second-order valence-electron chi connectivity index (χ2n) is 4.42. The molecule has 1 aromatic heterocycles. The fraction of sp³-hybridized carbons (Fsp3) is 0.154. The van der Waals surface area contributed by atoms with Gasteiger partial charge in [0.15, 0.2) is 5.69 Å². The first-order chi connectivity index (χ1) is 9.08. The molecule has 19 heavy (non-hydrogen) atoms. The summed E-state index contributed by atoms with van der Waals surface area (Å²) in [5.74, 6) is -1.31. The second kappa shape index (κ2) is 3.94. The Morgan fingerprint density at radius 2 is 2.26 bits per heavy atom. The van der Waals surface area contributed by atoms with Crippen LogP contribution in [0.3, 0.4) is 0 Å². The lowest BCUT2D eigenvalue weighted by molar-refractivity contribution is 0.0688. The van der Waals surface area contributed by atoms with Crippen LogP contribution in [-0.2, 0) is 6.54 Å². The number of imidazole rings is 1. The van der Waals surface area contributed by atoms with Gasteiger partial charge in [0.05, 0.1) is 23.5 Å². The minimum atomic E-state index is -1.10. The quantitative estimate of drug-likeness (QED) is 0.801. The molecule has 96 valence electrons. The zero-order valence-electron chi connectivity index (χ0n) is 10.2. The fourth-order valence-electron chi connectivity index (χ4n) is 2.23. The van der Waals surface area contributed by atoms with Gasteiger partial charge < -0.3 is 10.4 Å². The molecule has 6 nitrogen and oxygen atoms in total. The van der Waals surface area contributed by atoms with E-state index >= 15 is 0 Å². The number of aryl methyl sites for hydroxylation is 1. The Bertz CT molecular complexity index is 703. The number of carbonyl (C=O) groups excluding carboxylic acids is 1. The topological polar surface area (TPSA) is 84.2 Å². The molecular weight excluding hydrogens is 246 g/mol. The smallest absolute Gasteiger partial charge is 0.356 e. The molecule has 1 amide bonds. The maximum absolute atomic E-state index is 12.0. The van der Waals surface area contributed by atoms with Gasteiger partial charge in [-0.25, -0.2) is 9.78 Å². The average molecular weight is 257 g/mol. The Labute approximate surface area is 108 Å². The van der Waals surface area contributed by atoms with Gasteiger partial charge in [0.25, 0.3) is 5.91 Å². The summed E-state index contributed by atoms with van der Waals surface area (Å²) in [6.07, 6.45) is 1.44. The van der Waals surface area contributed by atoms with E-state index in [0.29, 0.717) is 16.9 Å².